The van der Waals surface area contributed by atoms with E-state index in [2.05, 4.69) is 60.4 Å². The van der Waals surface area contributed by atoms with Crippen LogP contribution in [0.1, 0.15) is 35.6 Å². The van der Waals surface area contributed by atoms with Crippen LogP contribution in [0.15, 0.2) is 48.5 Å². The average molecular weight is 293 g/mol. The standard InChI is InChI=1S/C20H23NO/c1-15-6-4-8-17(14-15)21-12-11-16-7-2-3-9-18(16)20(21)19-10-5-13-22-19/h2-4,6-9,14,19-20H,5,10-13H2,1H3/t19-,20+/m0/s1. The molecular weight excluding hydrogens is 270 g/mol. The molecule has 0 saturated carbocycles. The van der Waals surface area contributed by atoms with E-state index in [1.807, 2.05) is 0 Å². The number of hydrogen-bond acceptors (Lipinski definition) is 2. The van der Waals surface area contributed by atoms with Crippen molar-refractivity contribution in [2.45, 2.75) is 38.3 Å². The van der Waals surface area contributed by atoms with Gasteiger partial charge in [-0.2, -0.15) is 0 Å². The summed E-state index contributed by atoms with van der Waals surface area (Å²) in [6.07, 6.45) is 3.79. The van der Waals surface area contributed by atoms with Crippen LogP contribution in [0.2, 0.25) is 0 Å². The van der Waals surface area contributed by atoms with Crippen LogP contribution in [-0.2, 0) is 11.2 Å². The summed E-state index contributed by atoms with van der Waals surface area (Å²) >= 11 is 0. The molecule has 2 aromatic carbocycles. The van der Waals surface area contributed by atoms with Crippen LogP contribution in [0, 0.1) is 6.92 Å². The van der Waals surface area contributed by atoms with Crippen molar-refractivity contribution >= 4 is 5.69 Å². The van der Waals surface area contributed by atoms with Crippen molar-refractivity contribution in [3.05, 3.63) is 65.2 Å². The third-order valence-corrected chi connectivity index (χ3v) is 4.98. The second-order valence-electron chi connectivity index (χ2n) is 6.48. The first-order chi connectivity index (χ1) is 10.8. The molecular formula is C20H23NO. The molecule has 0 unspecified atom stereocenters. The first-order valence-electron chi connectivity index (χ1n) is 8.35. The Morgan fingerprint density at radius 3 is 2.82 bits per heavy atom. The highest BCUT2D eigenvalue weighted by Crippen LogP contribution is 2.39. The van der Waals surface area contributed by atoms with Crippen molar-refractivity contribution in [3.63, 3.8) is 0 Å². The van der Waals surface area contributed by atoms with E-state index in [9.17, 15) is 0 Å². The van der Waals surface area contributed by atoms with Crippen LogP contribution in [-0.4, -0.2) is 19.3 Å². The van der Waals surface area contributed by atoms with Crippen molar-refractivity contribution in [1.82, 2.24) is 0 Å². The smallest absolute Gasteiger partial charge is 0.0821 e. The molecule has 0 amide bonds. The summed E-state index contributed by atoms with van der Waals surface area (Å²) in [5.74, 6) is 0. The van der Waals surface area contributed by atoms with Gasteiger partial charge in [-0.1, -0.05) is 36.4 Å². The van der Waals surface area contributed by atoms with Crippen molar-refractivity contribution in [2.24, 2.45) is 0 Å². The lowest BCUT2D eigenvalue weighted by Gasteiger charge is -2.41. The average Bonchev–Trinajstić information content (AvgIpc) is 3.08. The highest BCUT2D eigenvalue weighted by molar-refractivity contribution is 5.54. The van der Waals surface area contributed by atoms with Gasteiger partial charge in [-0.05, 0) is 55.0 Å². The fourth-order valence-corrected chi connectivity index (χ4v) is 3.95. The Balaban J connectivity index is 1.77. The van der Waals surface area contributed by atoms with Crippen molar-refractivity contribution in [2.75, 3.05) is 18.1 Å². The van der Waals surface area contributed by atoms with E-state index in [-0.39, 0.29) is 0 Å². The number of anilines is 1. The Morgan fingerprint density at radius 2 is 2.00 bits per heavy atom. The lowest BCUT2D eigenvalue weighted by Crippen LogP contribution is -2.41. The number of fused-ring (bicyclic) bond motifs is 1. The third kappa shape index (κ3) is 2.42. The molecule has 2 atom stereocenters. The maximum absolute atomic E-state index is 6.09. The minimum Gasteiger partial charge on any atom is -0.376 e. The first-order valence-corrected chi connectivity index (χ1v) is 8.35. The minimum atomic E-state index is 0.321. The number of nitrogens with zero attached hydrogens (tertiary/aromatic N) is 1. The van der Waals surface area contributed by atoms with E-state index < -0.39 is 0 Å². The molecule has 0 N–H and O–H groups in total. The molecule has 2 aromatic rings. The molecule has 2 nitrogen and oxygen atoms in total. The molecule has 4 rings (SSSR count). The monoisotopic (exact) mass is 293 g/mol. The zero-order chi connectivity index (χ0) is 14.9. The minimum absolute atomic E-state index is 0.321. The maximum atomic E-state index is 6.09. The molecule has 1 saturated heterocycles. The fourth-order valence-electron chi connectivity index (χ4n) is 3.95. The predicted molar refractivity (Wildman–Crippen MR) is 90.4 cm³/mol. The van der Waals surface area contributed by atoms with Gasteiger partial charge in [0, 0.05) is 18.8 Å². The summed E-state index contributed by atoms with van der Waals surface area (Å²) in [4.78, 5) is 2.56. The van der Waals surface area contributed by atoms with Crippen LogP contribution < -0.4 is 4.90 Å². The van der Waals surface area contributed by atoms with Gasteiger partial charge in [0.2, 0.25) is 0 Å². The fraction of sp³-hybridized carbons (Fsp3) is 0.400. The summed E-state index contributed by atoms with van der Waals surface area (Å²) in [6.45, 7) is 4.15. The Bertz CT molecular complexity index is 660. The number of benzene rings is 2. The molecule has 2 aliphatic heterocycles. The molecule has 0 aromatic heterocycles. The molecule has 2 aliphatic rings. The van der Waals surface area contributed by atoms with E-state index in [1.54, 1.807) is 0 Å². The summed E-state index contributed by atoms with van der Waals surface area (Å²) in [5.41, 5.74) is 5.60. The summed E-state index contributed by atoms with van der Waals surface area (Å²) in [5, 5.41) is 0. The molecule has 2 heterocycles. The van der Waals surface area contributed by atoms with Gasteiger partial charge < -0.3 is 9.64 Å². The lowest BCUT2D eigenvalue weighted by atomic mass is 9.88. The Kier molecular flexibility index (Phi) is 3.63. The lowest BCUT2D eigenvalue weighted by molar-refractivity contribution is 0.0854. The normalized spacial score (nSPS) is 24.3. The molecule has 1 fully saturated rings. The SMILES string of the molecule is Cc1cccc(N2CCc3ccccc3[C@@H]2[C@@H]2CCCO2)c1. The first kappa shape index (κ1) is 13.8. The zero-order valence-electron chi connectivity index (χ0n) is 13.2. The molecule has 114 valence electrons. The molecule has 0 radical (unpaired) electrons. The van der Waals surface area contributed by atoms with Gasteiger partial charge in [-0.25, -0.2) is 0 Å². The van der Waals surface area contributed by atoms with E-state index >= 15 is 0 Å². The van der Waals surface area contributed by atoms with Crippen LogP contribution in [0.25, 0.3) is 0 Å². The Labute approximate surface area is 132 Å². The molecule has 0 bridgehead atoms. The highest BCUT2D eigenvalue weighted by atomic mass is 16.5. The predicted octanol–water partition coefficient (Wildman–Crippen LogP) is 4.28. The van der Waals surface area contributed by atoms with Gasteiger partial charge in [0.25, 0.3) is 0 Å². The van der Waals surface area contributed by atoms with E-state index in [4.69, 9.17) is 4.74 Å². The second kappa shape index (κ2) is 5.77. The number of hydrogen-bond donors (Lipinski definition) is 0. The van der Waals surface area contributed by atoms with Crippen LogP contribution >= 0.6 is 0 Å². The molecule has 22 heavy (non-hydrogen) atoms. The van der Waals surface area contributed by atoms with Crippen LogP contribution in [0.3, 0.4) is 0 Å². The van der Waals surface area contributed by atoms with E-state index in [0.29, 0.717) is 12.1 Å². The molecule has 0 spiro atoms. The quantitative estimate of drug-likeness (QED) is 0.819. The summed E-state index contributed by atoms with van der Waals surface area (Å²) in [6, 6.07) is 18.1. The topological polar surface area (TPSA) is 12.5 Å². The number of rotatable bonds is 2. The largest absolute Gasteiger partial charge is 0.376 e. The summed E-state index contributed by atoms with van der Waals surface area (Å²) < 4.78 is 6.09. The number of aryl methyl sites for hydroxylation is 1. The van der Waals surface area contributed by atoms with Crippen molar-refractivity contribution in [3.8, 4) is 0 Å². The third-order valence-electron chi connectivity index (χ3n) is 4.98. The second-order valence-corrected chi connectivity index (χ2v) is 6.48. The van der Waals surface area contributed by atoms with Gasteiger partial charge in [0.1, 0.15) is 0 Å². The molecule has 2 heteroatoms. The van der Waals surface area contributed by atoms with Crippen molar-refractivity contribution < 1.29 is 4.74 Å². The van der Waals surface area contributed by atoms with E-state index in [0.717, 1.165) is 19.6 Å². The van der Waals surface area contributed by atoms with Gasteiger partial charge in [0.05, 0.1) is 12.1 Å². The molecule has 0 aliphatic carbocycles. The Hall–Kier alpha value is -1.80. The van der Waals surface area contributed by atoms with Crippen molar-refractivity contribution in [1.29, 1.82) is 0 Å². The zero-order valence-corrected chi connectivity index (χ0v) is 13.2. The number of ether oxygens (including phenoxy) is 1. The summed E-state index contributed by atoms with van der Waals surface area (Å²) in [7, 11) is 0. The van der Waals surface area contributed by atoms with Gasteiger partial charge in [0.15, 0.2) is 0 Å². The van der Waals surface area contributed by atoms with Crippen LogP contribution in [0.4, 0.5) is 5.69 Å². The van der Waals surface area contributed by atoms with Gasteiger partial charge in [-0.15, -0.1) is 0 Å². The van der Waals surface area contributed by atoms with E-state index in [1.165, 1.54) is 35.2 Å². The maximum Gasteiger partial charge on any atom is 0.0821 e. The highest BCUT2D eigenvalue weighted by Gasteiger charge is 2.36. The van der Waals surface area contributed by atoms with Crippen LogP contribution in [0.5, 0.6) is 0 Å². The Morgan fingerprint density at radius 1 is 1.09 bits per heavy atom. The van der Waals surface area contributed by atoms with Gasteiger partial charge in [-0.3, -0.25) is 0 Å². The van der Waals surface area contributed by atoms with Gasteiger partial charge >= 0.3 is 0 Å².